The molecule has 150 valence electrons. The van der Waals surface area contributed by atoms with E-state index >= 15 is 0 Å². The molecule has 0 bridgehead atoms. The second-order valence-corrected chi connectivity index (χ2v) is 6.38. The number of amides is 1. The molecule has 2 rings (SSSR count). The standard InChI is InChI=1S/C20H24ClFN4O2/c1-14(28-18-10-6-5-9-17(18)22)13-26-20(23-2)25-12-11-24-19(27)15-7-3-4-8-16(15)21/h3-10,14H,11-13H2,1-2H3,(H,24,27)(H2,23,25,26). The Morgan fingerprint density at radius 2 is 1.79 bits per heavy atom. The highest BCUT2D eigenvalue weighted by Crippen LogP contribution is 2.16. The highest BCUT2D eigenvalue weighted by Gasteiger charge is 2.10. The summed E-state index contributed by atoms with van der Waals surface area (Å²) in [7, 11) is 1.64. The number of halogens is 2. The van der Waals surface area contributed by atoms with Gasteiger partial charge in [-0.2, -0.15) is 0 Å². The van der Waals surface area contributed by atoms with Crippen LogP contribution in [0.5, 0.6) is 5.75 Å². The number of rotatable bonds is 8. The highest BCUT2D eigenvalue weighted by atomic mass is 35.5. The number of carbonyl (C=O) groups is 1. The molecule has 0 heterocycles. The van der Waals surface area contributed by atoms with Gasteiger partial charge in [0.1, 0.15) is 6.10 Å². The Hall–Kier alpha value is -2.80. The van der Waals surface area contributed by atoms with Gasteiger partial charge in [-0.05, 0) is 31.2 Å². The second kappa shape index (κ2) is 11.1. The van der Waals surface area contributed by atoms with Gasteiger partial charge in [-0.15, -0.1) is 0 Å². The first-order valence-electron chi connectivity index (χ1n) is 8.89. The maximum absolute atomic E-state index is 13.6. The van der Waals surface area contributed by atoms with Crippen LogP contribution in [-0.4, -0.2) is 44.7 Å². The molecule has 0 aliphatic rings. The third kappa shape index (κ3) is 6.74. The molecule has 8 heteroatoms. The predicted molar refractivity (Wildman–Crippen MR) is 110 cm³/mol. The molecule has 0 aliphatic carbocycles. The largest absolute Gasteiger partial charge is 0.486 e. The van der Waals surface area contributed by atoms with E-state index in [4.69, 9.17) is 16.3 Å². The quantitative estimate of drug-likeness (QED) is 0.358. The van der Waals surface area contributed by atoms with E-state index in [1.54, 1.807) is 49.5 Å². The van der Waals surface area contributed by atoms with Gasteiger partial charge >= 0.3 is 0 Å². The minimum Gasteiger partial charge on any atom is -0.486 e. The molecule has 0 fully saturated rings. The lowest BCUT2D eigenvalue weighted by Crippen LogP contribution is -2.44. The first-order chi connectivity index (χ1) is 13.5. The van der Waals surface area contributed by atoms with Crippen molar-refractivity contribution in [2.75, 3.05) is 26.7 Å². The first kappa shape index (κ1) is 21.5. The van der Waals surface area contributed by atoms with Crippen LogP contribution in [0.15, 0.2) is 53.5 Å². The van der Waals surface area contributed by atoms with Crippen LogP contribution in [0, 0.1) is 5.82 Å². The van der Waals surface area contributed by atoms with E-state index in [1.807, 2.05) is 6.92 Å². The summed E-state index contributed by atoms with van der Waals surface area (Å²) < 4.78 is 19.2. The van der Waals surface area contributed by atoms with E-state index in [9.17, 15) is 9.18 Å². The van der Waals surface area contributed by atoms with Crippen LogP contribution < -0.4 is 20.7 Å². The number of ether oxygens (including phenoxy) is 1. The van der Waals surface area contributed by atoms with Crippen molar-refractivity contribution in [3.8, 4) is 5.75 Å². The Kier molecular flexibility index (Phi) is 8.55. The Bertz CT molecular complexity index is 816. The Labute approximate surface area is 169 Å². The molecule has 2 aromatic rings. The molecular formula is C20H24ClFN4O2. The third-order valence-electron chi connectivity index (χ3n) is 3.77. The Morgan fingerprint density at radius 3 is 2.50 bits per heavy atom. The Morgan fingerprint density at radius 1 is 1.11 bits per heavy atom. The number of aliphatic imine (C=N–C) groups is 1. The van der Waals surface area contributed by atoms with Crippen LogP contribution >= 0.6 is 11.6 Å². The highest BCUT2D eigenvalue weighted by molar-refractivity contribution is 6.33. The SMILES string of the molecule is CN=C(NCCNC(=O)c1ccccc1Cl)NCC(C)Oc1ccccc1F. The van der Waals surface area contributed by atoms with Gasteiger partial charge in [0.15, 0.2) is 17.5 Å². The van der Waals surface area contributed by atoms with Gasteiger partial charge in [0, 0.05) is 20.1 Å². The summed E-state index contributed by atoms with van der Waals surface area (Å²) in [6.45, 7) is 3.13. The van der Waals surface area contributed by atoms with Gasteiger partial charge in [-0.25, -0.2) is 4.39 Å². The van der Waals surface area contributed by atoms with Crippen molar-refractivity contribution >= 4 is 23.5 Å². The fraction of sp³-hybridized carbons (Fsp3) is 0.300. The topological polar surface area (TPSA) is 74.8 Å². The van der Waals surface area contributed by atoms with Crippen LogP contribution in [-0.2, 0) is 0 Å². The molecular weight excluding hydrogens is 383 g/mol. The molecule has 1 atom stereocenters. The first-order valence-corrected chi connectivity index (χ1v) is 9.27. The average molecular weight is 407 g/mol. The van der Waals surface area contributed by atoms with Crippen LogP contribution in [0.3, 0.4) is 0 Å². The second-order valence-electron chi connectivity index (χ2n) is 5.97. The van der Waals surface area contributed by atoms with Gasteiger partial charge in [-0.1, -0.05) is 35.9 Å². The van der Waals surface area contributed by atoms with Gasteiger partial charge in [-0.3, -0.25) is 9.79 Å². The summed E-state index contributed by atoms with van der Waals surface area (Å²) in [6.07, 6.45) is -0.268. The molecule has 6 nitrogen and oxygen atoms in total. The zero-order valence-corrected chi connectivity index (χ0v) is 16.6. The molecule has 0 radical (unpaired) electrons. The summed E-state index contributed by atoms with van der Waals surface area (Å²) in [6, 6.07) is 13.1. The molecule has 2 aromatic carbocycles. The molecule has 0 aromatic heterocycles. The smallest absolute Gasteiger partial charge is 0.252 e. The minimum atomic E-state index is -0.397. The molecule has 0 aliphatic heterocycles. The summed E-state index contributed by atoms with van der Waals surface area (Å²) in [5, 5.41) is 9.38. The van der Waals surface area contributed by atoms with Gasteiger partial charge < -0.3 is 20.7 Å². The number of hydrogen-bond acceptors (Lipinski definition) is 3. The zero-order chi connectivity index (χ0) is 20.4. The monoisotopic (exact) mass is 406 g/mol. The number of nitrogens with zero attached hydrogens (tertiary/aromatic N) is 1. The number of guanidine groups is 1. The lowest BCUT2D eigenvalue weighted by atomic mass is 10.2. The number of carbonyl (C=O) groups excluding carboxylic acids is 1. The summed E-state index contributed by atoms with van der Waals surface area (Å²) in [4.78, 5) is 16.2. The van der Waals surface area contributed by atoms with Crippen molar-refractivity contribution in [3.05, 3.63) is 64.9 Å². The van der Waals surface area contributed by atoms with Gasteiger partial charge in [0.25, 0.3) is 5.91 Å². The molecule has 0 saturated carbocycles. The van der Waals surface area contributed by atoms with E-state index in [2.05, 4.69) is 20.9 Å². The van der Waals surface area contributed by atoms with Crippen molar-refractivity contribution in [3.63, 3.8) is 0 Å². The number of benzene rings is 2. The van der Waals surface area contributed by atoms with E-state index in [0.717, 1.165) is 0 Å². The molecule has 3 N–H and O–H groups in total. The summed E-state index contributed by atoms with van der Waals surface area (Å²) in [5.41, 5.74) is 0.436. The van der Waals surface area contributed by atoms with Crippen LogP contribution in [0.2, 0.25) is 5.02 Å². The maximum Gasteiger partial charge on any atom is 0.252 e. The minimum absolute atomic E-state index is 0.210. The number of nitrogens with one attached hydrogen (secondary N) is 3. The van der Waals surface area contributed by atoms with Crippen molar-refractivity contribution in [1.82, 2.24) is 16.0 Å². The normalized spacial score (nSPS) is 12.2. The molecule has 0 saturated heterocycles. The van der Waals surface area contributed by atoms with E-state index in [-0.39, 0.29) is 17.8 Å². The van der Waals surface area contributed by atoms with Crippen molar-refractivity contribution in [2.24, 2.45) is 4.99 Å². The lowest BCUT2D eigenvalue weighted by Gasteiger charge is -2.18. The molecule has 1 unspecified atom stereocenters. The van der Waals surface area contributed by atoms with Crippen LogP contribution in [0.4, 0.5) is 4.39 Å². The summed E-state index contributed by atoms with van der Waals surface area (Å²) >= 11 is 6.00. The number of hydrogen-bond donors (Lipinski definition) is 3. The fourth-order valence-electron chi connectivity index (χ4n) is 2.36. The van der Waals surface area contributed by atoms with E-state index < -0.39 is 5.82 Å². The summed E-state index contributed by atoms with van der Waals surface area (Å²) in [5.74, 6) is 0.131. The molecule has 0 spiro atoms. The fourth-order valence-corrected chi connectivity index (χ4v) is 2.58. The number of para-hydroxylation sites is 1. The van der Waals surface area contributed by atoms with Gasteiger partial charge in [0.2, 0.25) is 0 Å². The lowest BCUT2D eigenvalue weighted by molar-refractivity contribution is 0.0954. The Balaban J connectivity index is 1.69. The third-order valence-corrected chi connectivity index (χ3v) is 4.10. The van der Waals surface area contributed by atoms with Crippen LogP contribution in [0.1, 0.15) is 17.3 Å². The molecule has 28 heavy (non-hydrogen) atoms. The van der Waals surface area contributed by atoms with Crippen molar-refractivity contribution in [1.29, 1.82) is 0 Å². The zero-order valence-electron chi connectivity index (χ0n) is 15.8. The van der Waals surface area contributed by atoms with Gasteiger partial charge in [0.05, 0.1) is 17.1 Å². The molecule has 1 amide bonds. The predicted octanol–water partition coefficient (Wildman–Crippen LogP) is 2.84. The van der Waals surface area contributed by atoms with Crippen molar-refractivity contribution in [2.45, 2.75) is 13.0 Å². The van der Waals surface area contributed by atoms with E-state index in [1.165, 1.54) is 6.07 Å². The van der Waals surface area contributed by atoms with Crippen molar-refractivity contribution < 1.29 is 13.9 Å². The van der Waals surface area contributed by atoms with Crippen LogP contribution in [0.25, 0.3) is 0 Å². The average Bonchev–Trinajstić information content (AvgIpc) is 2.69. The maximum atomic E-state index is 13.6. The van der Waals surface area contributed by atoms with E-state index in [0.29, 0.717) is 36.2 Å².